The molecule has 1 atom stereocenters. The molecule has 0 unspecified atom stereocenters. The molecule has 1 aliphatic heterocycles. The van der Waals surface area contributed by atoms with Crippen LogP contribution in [0.25, 0.3) is 0 Å². The molecule has 0 spiro atoms. The van der Waals surface area contributed by atoms with Gasteiger partial charge in [-0.2, -0.15) is 5.10 Å². The van der Waals surface area contributed by atoms with Gasteiger partial charge in [-0.25, -0.2) is 5.43 Å². The van der Waals surface area contributed by atoms with Crippen LogP contribution in [0.2, 0.25) is 5.02 Å². The predicted molar refractivity (Wildman–Crippen MR) is 97.5 cm³/mol. The van der Waals surface area contributed by atoms with Crippen molar-refractivity contribution in [2.75, 3.05) is 6.61 Å². The molecule has 1 N–H and O–H groups in total. The van der Waals surface area contributed by atoms with Gasteiger partial charge < -0.3 is 9.47 Å². The summed E-state index contributed by atoms with van der Waals surface area (Å²) in [7, 11) is 0. The number of para-hydroxylation sites is 1. The van der Waals surface area contributed by atoms with Crippen LogP contribution >= 0.6 is 11.6 Å². The SMILES string of the molecule is Cc1cccc2c1OCC/C2=N/NC(=O)[C@@H](C)Oc1cccc(Cl)c1. The lowest BCUT2D eigenvalue weighted by Gasteiger charge is -2.21. The summed E-state index contributed by atoms with van der Waals surface area (Å²) in [5, 5.41) is 4.83. The maximum atomic E-state index is 12.2. The molecule has 0 fully saturated rings. The third kappa shape index (κ3) is 4.12. The van der Waals surface area contributed by atoms with E-state index in [1.807, 2.05) is 25.1 Å². The number of nitrogens with one attached hydrogen (secondary N) is 1. The number of ether oxygens (including phenoxy) is 2. The minimum absolute atomic E-state index is 0.326. The summed E-state index contributed by atoms with van der Waals surface area (Å²) in [6, 6.07) is 12.8. The van der Waals surface area contributed by atoms with Crippen LogP contribution in [0.5, 0.6) is 11.5 Å². The number of amides is 1. The van der Waals surface area contributed by atoms with Gasteiger partial charge in [0.05, 0.1) is 12.3 Å². The van der Waals surface area contributed by atoms with Crippen molar-refractivity contribution in [3.05, 3.63) is 58.6 Å². The molecule has 0 saturated carbocycles. The molecule has 1 amide bonds. The number of carbonyl (C=O) groups excluding carboxylic acids is 1. The Balaban J connectivity index is 1.68. The molecular weight excluding hydrogens is 340 g/mol. The highest BCUT2D eigenvalue weighted by molar-refractivity contribution is 6.30. The first kappa shape index (κ1) is 17.3. The van der Waals surface area contributed by atoms with E-state index in [0.717, 1.165) is 22.6 Å². The van der Waals surface area contributed by atoms with Crippen LogP contribution in [0.4, 0.5) is 0 Å². The molecule has 0 bridgehead atoms. The van der Waals surface area contributed by atoms with Crippen LogP contribution in [0.15, 0.2) is 47.6 Å². The fraction of sp³-hybridized carbons (Fsp3) is 0.263. The van der Waals surface area contributed by atoms with E-state index in [9.17, 15) is 4.79 Å². The largest absolute Gasteiger partial charge is 0.492 e. The van der Waals surface area contributed by atoms with Gasteiger partial charge in [-0.1, -0.05) is 29.8 Å². The van der Waals surface area contributed by atoms with Gasteiger partial charge >= 0.3 is 0 Å². The second-order valence-corrected chi connectivity index (χ2v) is 6.24. The normalized spacial score (nSPS) is 15.9. The van der Waals surface area contributed by atoms with E-state index in [1.165, 1.54) is 0 Å². The van der Waals surface area contributed by atoms with Crippen LogP contribution in [0.3, 0.4) is 0 Å². The van der Waals surface area contributed by atoms with E-state index in [2.05, 4.69) is 10.5 Å². The zero-order valence-electron chi connectivity index (χ0n) is 14.1. The maximum Gasteiger partial charge on any atom is 0.280 e. The van der Waals surface area contributed by atoms with Crippen molar-refractivity contribution >= 4 is 23.2 Å². The van der Waals surface area contributed by atoms with Crippen LogP contribution in [0, 0.1) is 6.92 Å². The maximum absolute atomic E-state index is 12.2. The van der Waals surface area contributed by atoms with Gasteiger partial charge in [-0.15, -0.1) is 0 Å². The number of nitrogens with zero attached hydrogens (tertiary/aromatic N) is 1. The summed E-state index contributed by atoms with van der Waals surface area (Å²) in [5.74, 6) is 1.04. The Morgan fingerprint density at radius 2 is 2.12 bits per heavy atom. The molecule has 25 heavy (non-hydrogen) atoms. The van der Waals surface area contributed by atoms with Crippen LogP contribution in [-0.2, 0) is 4.79 Å². The lowest BCUT2D eigenvalue weighted by atomic mass is 10.0. The van der Waals surface area contributed by atoms with Crippen molar-refractivity contribution in [2.24, 2.45) is 5.10 Å². The number of fused-ring (bicyclic) bond motifs is 1. The second kappa shape index (κ2) is 7.57. The molecule has 0 aromatic heterocycles. The van der Waals surface area contributed by atoms with Gasteiger partial charge in [-0.05, 0) is 43.7 Å². The summed E-state index contributed by atoms with van der Waals surface area (Å²) in [5.41, 5.74) is 5.34. The number of hydrogen-bond donors (Lipinski definition) is 1. The quantitative estimate of drug-likeness (QED) is 0.847. The second-order valence-electron chi connectivity index (χ2n) is 5.80. The first-order valence-electron chi connectivity index (χ1n) is 8.06. The van der Waals surface area contributed by atoms with Crippen molar-refractivity contribution in [3.63, 3.8) is 0 Å². The smallest absolute Gasteiger partial charge is 0.280 e. The summed E-state index contributed by atoms with van der Waals surface area (Å²) in [4.78, 5) is 12.2. The summed E-state index contributed by atoms with van der Waals surface area (Å²) in [6.45, 7) is 4.20. The Hall–Kier alpha value is -2.53. The summed E-state index contributed by atoms with van der Waals surface area (Å²) < 4.78 is 11.3. The molecule has 1 aliphatic rings. The number of rotatable bonds is 4. The molecule has 5 nitrogen and oxygen atoms in total. The van der Waals surface area contributed by atoms with Crippen molar-refractivity contribution < 1.29 is 14.3 Å². The molecule has 130 valence electrons. The monoisotopic (exact) mass is 358 g/mol. The summed E-state index contributed by atoms with van der Waals surface area (Å²) >= 11 is 5.92. The average Bonchev–Trinajstić information content (AvgIpc) is 2.60. The molecule has 3 rings (SSSR count). The van der Waals surface area contributed by atoms with E-state index in [-0.39, 0.29) is 5.91 Å². The fourth-order valence-corrected chi connectivity index (χ4v) is 2.76. The number of halogens is 1. The average molecular weight is 359 g/mol. The molecule has 0 radical (unpaired) electrons. The zero-order valence-corrected chi connectivity index (χ0v) is 14.8. The number of carbonyl (C=O) groups is 1. The lowest BCUT2D eigenvalue weighted by molar-refractivity contribution is -0.127. The van der Waals surface area contributed by atoms with Crippen molar-refractivity contribution in [1.82, 2.24) is 5.43 Å². The molecular formula is C19H19ClN2O3. The van der Waals surface area contributed by atoms with Crippen LogP contribution in [0.1, 0.15) is 24.5 Å². The highest BCUT2D eigenvalue weighted by Crippen LogP contribution is 2.28. The number of hydrazone groups is 1. The van der Waals surface area contributed by atoms with Crippen LogP contribution < -0.4 is 14.9 Å². The first-order valence-corrected chi connectivity index (χ1v) is 8.44. The lowest BCUT2D eigenvalue weighted by Crippen LogP contribution is -2.34. The minimum atomic E-state index is -0.695. The molecule has 1 heterocycles. The highest BCUT2D eigenvalue weighted by atomic mass is 35.5. The Bertz CT molecular complexity index is 820. The Kier molecular flexibility index (Phi) is 5.24. The molecule has 0 saturated heterocycles. The summed E-state index contributed by atoms with van der Waals surface area (Å²) in [6.07, 6.45) is -0.0556. The van der Waals surface area contributed by atoms with Crippen molar-refractivity contribution in [2.45, 2.75) is 26.4 Å². The first-order chi connectivity index (χ1) is 12.0. The van der Waals surface area contributed by atoms with Gasteiger partial charge in [0.25, 0.3) is 5.91 Å². The predicted octanol–water partition coefficient (Wildman–Crippen LogP) is 3.72. The van der Waals surface area contributed by atoms with E-state index in [0.29, 0.717) is 23.8 Å². The molecule has 2 aromatic carbocycles. The van der Waals surface area contributed by atoms with Gasteiger partial charge in [0.15, 0.2) is 6.10 Å². The Morgan fingerprint density at radius 3 is 2.92 bits per heavy atom. The number of hydrogen-bond acceptors (Lipinski definition) is 4. The zero-order chi connectivity index (χ0) is 17.8. The van der Waals surface area contributed by atoms with Crippen LogP contribution in [-0.4, -0.2) is 24.3 Å². The standard InChI is InChI=1S/C19H19ClN2O3/c1-12-5-3-8-16-17(9-10-24-18(12)16)21-22-19(23)13(2)25-15-7-4-6-14(20)11-15/h3-8,11,13H,9-10H2,1-2H3,(H,22,23)/b21-17-/t13-/m1/s1. The topological polar surface area (TPSA) is 59.9 Å². The van der Waals surface area contributed by atoms with Gasteiger partial charge in [0.1, 0.15) is 11.5 Å². The van der Waals surface area contributed by atoms with Gasteiger partial charge in [0.2, 0.25) is 0 Å². The molecule has 0 aliphatic carbocycles. The Morgan fingerprint density at radius 1 is 1.32 bits per heavy atom. The number of benzene rings is 2. The Labute approximate surface area is 151 Å². The van der Waals surface area contributed by atoms with Gasteiger partial charge in [0, 0.05) is 17.0 Å². The van der Waals surface area contributed by atoms with Crippen molar-refractivity contribution in [3.8, 4) is 11.5 Å². The molecule has 2 aromatic rings. The number of aryl methyl sites for hydroxylation is 1. The fourth-order valence-electron chi connectivity index (χ4n) is 2.58. The van der Waals surface area contributed by atoms with E-state index >= 15 is 0 Å². The van der Waals surface area contributed by atoms with E-state index < -0.39 is 6.10 Å². The van der Waals surface area contributed by atoms with E-state index in [1.54, 1.807) is 31.2 Å². The minimum Gasteiger partial charge on any atom is -0.492 e. The third-order valence-corrected chi connectivity index (χ3v) is 4.12. The third-order valence-electron chi connectivity index (χ3n) is 3.89. The van der Waals surface area contributed by atoms with Gasteiger partial charge in [-0.3, -0.25) is 4.79 Å². The molecule has 6 heteroatoms. The highest BCUT2D eigenvalue weighted by Gasteiger charge is 2.20. The van der Waals surface area contributed by atoms with Crippen molar-refractivity contribution in [1.29, 1.82) is 0 Å². The van der Waals surface area contributed by atoms with E-state index in [4.69, 9.17) is 21.1 Å².